The number of benzene rings is 1. The number of nitrogens with zero attached hydrogens (tertiary/aromatic N) is 1. The highest BCUT2D eigenvalue weighted by molar-refractivity contribution is 6.30. The Bertz CT molecular complexity index is 639. The van der Waals surface area contributed by atoms with Crippen LogP contribution in [0.5, 0.6) is 0 Å². The van der Waals surface area contributed by atoms with Gasteiger partial charge in [-0.15, -0.1) is 0 Å². The molecule has 23 heavy (non-hydrogen) atoms. The molecular weight excluding hydrogens is 315 g/mol. The molecule has 0 amide bonds. The fraction of sp³-hybridized carbons (Fsp3) is 0.412. The average Bonchev–Trinajstić information content (AvgIpc) is 2.50. The first-order valence-electron chi connectivity index (χ1n) is 7.72. The molecule has 0 bridgehead atoms. The topological polar surface area (TPSA) is 67.3 Å². The second kappa shape index (κ2) is 7.81. The Balaban J connectivity index is 2.39. The summed E-state index contributed by atoms with van der Waals surface area (Å²) in [6.07, 6.45) is 1.99. The molecule has 1 aromatic carbocycles. The number of rotatable bonds is 4. The maximum absolute atomic E-state index is 14.4. The van der Waals surface area contributed by atoms with Crippen LogP contribution in [-0.4, -0.2) is 25.1 Å². The molecule has 0 unspecified atom stereocenters. The molecule has 5 N–H and O–H groups in total. The summed E-state index contributed by atoms with van der Waals surface area (Å²) in [6, 6.07) is 5.68. The summed E-state index contributed by atoms with van der Waals surface area (Å²) in [5.41, 5.74) is 10.2. The van der Waals surface area contributed by atoms with Gasteiger partial charge in [0.25, 0.3) is 0 Å². The third-order valence-electron chi connectivity index (χ3n) is 4.05. The Morgan fingerprint density at radius 3 is 2.83 bits per heavy atom. The van der Waals surface area contributed by atoms with E-state index in [1.165, 1.54) is 0 Å². The van der Waals surface area contributed by atoms with Crippen LogP contribution in [0.4, 0.5) is 4.39 Å². The molecule has 1 fully saturated rings. The van der Waals surface area contributed by atoms with Crippen LogP contribution in [0, 0.1) is 6.92 Å². The Labute approximate surface area is 141 Å². The quantitative estimate of drug-likeness (QED) is 0.738. The van der Waals surface area contributed by atoms with Crippen LogP contribution < -0.4 is 16.9 Å². The molecule has 1 heterocycles. The highest BCUT2D eigenvalue weighted by atomic mass is 35.5. The zero-order valence-corrected chi connectivity index (χ0v) is 14.4. The van der Waals surface area contributed by atoms with Crippen LogP contribution in [-0.2, 0) is 6.42 Å². The van der Waals surface area contributed by atoms with E-state index in [-0.39, 0.29) is 12.4 Å². The summed E-state index contributed by atoms with van der Waals surface area (Å²) in [5, 5.41) is 5.09. The van der Waals surface area contributed by atoms with Crippen molar-refractivity contribution in [1.29, 1.82) is 0 Å². The molecule has 1 aliphatic rings. The average molecular weight is 339 g/mol. The van der Waals surface area contributed by atoms with Gasteiger partial charge in [0.2, 0.25) is 0 Å². The molecule has 0 saturated carbocycles. The summed E-state index contributed by atoms with van der Waals surface area (Å²) < 4.78 is 14.4. The molecule has 1 aromatic rings. The summed E-state index contributed by atoms with van der Waals surface area (Å²) >= 11 is 5.99. The highest BCUT2D eigenvalue weighted by Gasteiger charge is 2.23. The van der Waals surface area contributed by atoms with Gasteiger partial charge in [-0.1, -0.05) is 17.7 Å². The number of hydrogen-bond donors (Lipinski definition) is 3. The lowest BCUT2D eigenvalue weighted by Gasteiger charge is -2.31. The van der Waals surface area contributed by atoms with Gasteiger partial charge >= 0.3 is 0 Å². The first-order chi connectivity index (χ1) is 10.9. The van der Waals surface area contributed by atoms with Gasteiger partial charge in [0, 0.05) is 35.8 Å². The Hall–Kier alpha value is -1.56. The predicted octanol–water partition coefficient (Wildman–Crippen LogP) is 2.77. The molecule has 2 rings (SSSR count). The van der Waals surface area contributed by atoms with Crippen molar-refractivity contribution < 1.29 is 4.39 Å². The molecule has 0 aromatic heterocycles. The summed E-state index contributed by atoms with van der Waals surface area (Å²) in [5.74, 6) is 5.87. The smallest absolute Gasteiger partial charge is 0.119 e. The minimum Gasteiger partial charge on any atom is -0.400 e. The van der Waals surface area contributed by atoms with Gasteiger partial charge in [0.05, 0.1) is 5.70 Å². The van der Waals surface area contributed by atoms with Gasteiger partial charge in [-0.3, -0.25) is 0 Å². The van der Waals surface area contributed by atoms with Crippen LogP contribution in [0.25, 0.3) is 0 Å². The summed E-state index contributed by atoms with van der Waals surface area (Å²) in [4.78, 5) is 0. The minimum absolute atomic E-state index is 0.180. The van der Waals surface area contributed by atoms with E-state index < -0.39 is 0 Å². The van der Waals surface area contributed by atoms with E-state index in [2.05, 4.69) is 5.32 Å². The number of hydrazine groups is 1. The van der Waals surface area contributed by atoms with Crippen molar-refractivity contribution in [2.75, 3.05) is 20.1 Å². The Morgan fingerprint density at radius 1 is 1.43 bits per heavy atom. The third-order valence-corrected chi connectivity index (χ3v) is 4.28. The van der Waals surface area contributed by atoms with E-state index in [1.54, 1.807) is 12.1 Å². The Morgan fingerprint density at radius 2 is 2.17 bits per heavy atom. The van der Waals surface area contributed by atoms with Gasteiger partial charge in [0.1, 0.15) is 5.83 Å². The largest absolute Gasteiger partial charge is 0.400 e. The van der Waals surface area contributed by atoms with E-state index in [4.69, 9.17) is 23.2 Å². The fourth-order valence-corrected chi connectivity index (χ4v) is 3.11. The van der Waals surface area contributed by atoms with Crippen LogP contribution in [0.1, 0.15) is 24.0 Å². The number of piperidine rings is 1. The van der Waals surface area contributed by atoms with E-state index >= 15 is 0 Å². The van der Waals surface area contributed by atoms with E-state index in [1.807, 2.05) is 25.1 Å². The lowest BCUT2D eigenvalue weighted by Crippen LogP contribution is -2.38. The number of halogens is 2. The highest BCUT2D eigenvalue weighted by Crippen LogP contribution is 2.30. The number of hydrogen-bond acceptors (Lipinski definition) is 4. The van der Waals surface area contributed by atoms with Crippen molar-refractivity contribution in [2.45, 2.75) is 26.2 Å². The molecule has 1 aliphatic heterocycles. The SMILES string of the molecule is CNC/C(F)=C1\CCCN(N)\C1=C(/N)Cc1ccc(Cl)cc1C. The van der Waals surface area contributed by atoms with Gasteiger partial charge < -0.3 is 16.1 Å². The molecule has 6 heteroatoms. The zero-order valence-electron chi connectivity index (χ0n) is 13.6. The molecule has 126 valence electrons. The molecular formula is C17H24ClFN4. The Kier molecular flexibility index (Phi) is 6.04. The van der Waals surface area contributed by atoms with E-state index in [0.29, 0.717) is 41.4 Å². The number of nitrogens with one attached hydrogen (secondary N) is 1. The number of aryl methyl sites for hydroxylation is 1. The van der Waals surface area contributed by atoms with Crippen molar-refractivity contribution in [3.63, 3.8) is 0 Å². The summed E-state index contributed by atoms with van der Waals surface area (Å²) in [7, 11) is 1.72. The molecule has 0 aliphatic carbocycles. The van der Waals surface area contributed by atoms with Crippen LogP contribution in [0.3, 0.4) is 0 Å². The van der Waals surface area contributed by atoms with Crippen LogP contribution in [0.2, 0.25) is 5.02 Å². The normalized spacial score (nSPS) is 19.8. The monoisotopic (exact) mass is 338 g/mol. The van der Waals surface area contributed by atoms with E-state index in [0.717, 1.165) is 17.5 Å². The molecule has 1 saturated heterocycles. The third kappa shape index (κ3) is 4.25. The number of nitrogens with two attached hydrogens (primary N) is 2. The second-order valence-electron chi connectivity index (χ2n) is 5.83. The first-order valence-corrected chi connectivity index (χ1v) is 8.10. The minimum atomic E-state index is -0.201. The van der Waals surface area contributed by atoms with Gasteiger partial charge in [-0.05, 0) is 50.1 Å². The second-order valence-corrected chi connectivity index (χ2v) is 6.27. The first kappa shape index (κ1) is 17.8. The molecule has 4 nitrogen and oxygen atoms in total. The predicted molar refractivity (Wildman–Crippen MR) is 93.3 cm³/mol. The molecule has 0 radical (unpaired) electrons. The van der Waals surface area contributed by atoms with Gasteiger partial charge in [-0.2, -0.15) is 0 Å². The lowest BCUT2D eigenvalue weighted by atomic mass is 9.96. The zero-order chi connectivity index (χ0) is 17.0. The maximum Gasteiger partial charge on any atom is 0.119 e. The number of likely N-dealkylation sites (N-methyl/N-ethyl adjacent to an activating group) is 1. The van der Waals surface area contributed by atoms with Crippen molar-refractivity contribution in [2.24, 2.45) is 11.6 Å². The van der Waals surface area contributed by atoms with Crippen LogP contribution >= 0.6 is 11.6 Å². The standard InChI is InChI=1S/C17H24ClFN4/c1-11-8-13(18)6-5-12(11)9-16(20)17-14(15(19)10-22-2)4-3-7-23(17)21/h5-6,8,22H,3-4,7,9-10,20-21H2,1-2H3/b15-14-,17-16-. The van der Waals surface area contributed by atoms with E-state index in [9.17, 15) is 4.39 Å². The fourth-order valence-electron chi connectivity index (χ4n) is 2.88. The van der Waals surface area contributed by atoms with Gasteiger partial charge in [-0.25, -0.2) is 10.2 Å². The van der Waals surface area contributed by atoms with Crippen molar-refractivity contribution in [1.82, 2.24) is 10.3 Å². The van der Waals surface area contributed by atoms with Gasteiger partial charge in [0.15, 0.2) is 0 Å². The maximum atomic E-state index is 14.4. The molecule has 0 atom stereocenters. The van der Waals surface area contributed by atoms with Crippen molar-refractivity contribution >= 4 is 11.6 Å². The van der Waals surface area contributed by atoms with Crippen LogP contribution in [0.15, 0.2) is 41.0 Å². The van der Waals surface area contributed by atoms with Crippen molar-refractivity contribution in [3.8, 4) is 0 Å². The van der Waals surface area contributed by atoms with Crippen molar-refractivity contribution in [3.05, 3.63) is 57.1 Å². The summed E-state index contributed by atoms with van der Waals surface area (Å²) in [6.45, 7) is 2.84. The molecule has 0 spiro atoms. The lowest BCUT2D eigenvalue weighted by molar-refractivity contribution is 0.322. The number of allylic oxidation sites excluding steroid dienone is 2.